The van der Waals surface area contributed by atoms with Crippen molar-refractivity contribution in [2.75, 3.05) is 0 Å². The maximum atomic E-state index is 11.6. The third-order valence-corrected chi connectivity index (χ3v) is 5.33. The highest BCUT2D eigenvalue weighted by Gasteiger charge is 2.07. The number of unbranched alkanes of at least 4 members (excludes halogenated alkanes) is 11. The fourth-order valence-electron chi connectivity index (χ4n) is 3.04. The largest absolute Gasteiger partial charge is 0.463 e. The summed E-state index contributed by atoms with van der Waals surface area (Å²) in [6.07, 6.45) is 17.5. The molecule has 4 heteroatoms. The van der Waals surface area contributed by atoms with Crippen LogP contribution in [0.5, 0.6) is 0 Å². The molecule has 0 aliphatic rings. The molecule has 166 valence electrons. The minimum absolute atomic E-state index is 0.0400. The summed E-state index contributed by atoms with van der Waals surface area (Å²) in [6, 6.07) is 0. The van der Waals surface area contributed by atoms with E-state index in [1.54, 1.807) is 0 Å². The summed E-state index contributed by atoms with van der Waals surface area (Å²) in [5, 5.41) is 0. The Bertz CT molecular complexity index is 345. The van der Waals surface area contributed by atoms with Gasteiger partial charge in [-0.3, -0.25) is 9.59 Å². The van der Waals surface area contributed by atoms with Crippen LogP contribution in [0.2, 0.25) is 0 Å². The van der Waals surface area contributed by atoms with Crippen molar-refractivity contribution < 1.29 is 19.1 Å². The van der Waals surface area contributed by atoms with Crippen molar-refractivity contribution in [3.05, 3.63) is 0 Å². The molecule has 0 aliphatic heterocycles. The van der Waals surface area contributed by atoms with Gasteiger partial charge in [-0.2, -0.15) is 0 Å². The van der Waals surface area contributed by atoms with Crippen LogP contribution in [0.4, 0.5) is 0 Å². The Morgan fingerprint density at radius 1 is 0.536 bits per heavy atom. The molecule has 0 aromatic carbocycles. The van der Waals surface area contributed by atoms with Gasteiger partial charge in [0.25, 0.3) is 0 Å². The van der Waals surface area contributed by atoms with Gasteiger partial charge < -0.3 is 9.47 Å². The second kappa shape index (κ2) is 19.3. The average molecular weight is 399 g/mol. The number of hydrogen-bond donors (Lipinski definition) is 0. The molecular formula is C24H46O4. The van der Waals surface area contributed by atoms with Crippen molar-refractivity contribution in [2.45, 2.75) is 143 Å². The topological polar surface area (TPSA) is 52.6 Å². The van der Waals surface area contributed by atoms with Crippen LogP contribution in [0.15, 0.2) is 0 Å². The van der Waals surface area contributed by atoms with Crippen LogP contribution in [-0.2, 0) is 19.1 Å². The van der Waals surface area contributed by atoms with E-state index in [1.165, 1.54) is 51.4 Å². The van der Waals surface area contributed by atoms with E-state index in [0.717, 1.165) is 38.5 Å². The summed E-state index contributed by atoms with van der Waals surface area (Å²) < 4.78 is 10.6. The summed E-state index contributed by atoms with van der Waals surface area (Å²) in [7, 11) is 0. The summed E-state index contributed by atoms with van der Waals surface area (Å²) in [4.78, 5) is 23.1. The van der Waals surface area contributed by atoms with Crippen LogP contribution in [0.3, 0.4) is 0 Å². The minimum Gasteiger partial charge on any atom is -0.463 e. The van der Waals surface area contributed by atoms with Crippen molar-refractivity contribution in [3.8, 4) is 0 Å². The van der Waals surface area contributed by atoms with E-state index < -0.39 is 0 Å². The van der Waals surface area contributed by atoms with Gasteiger partial charge >= 0.3 is 11.9 Å². The number of hydrogen-bond acceptors (Lipinski definition) is 4. The van der Waals surface area contributed by atoms with Gasteiger partial charge in [-0.25, -0.2) is 0 Å². The number of rotatable bonds is 19. The number of carbonyl (C=O) groups excluding carboxylic acids is 2. The quantitative estimate of drug-likeness (QED) is 0.171. The Kier molecular flexibility index (Phi) is 18.5. The van der Waals surface area contributed by atoms with Gasteiger partial charge in [0.05, 0.1) is 12.2 Å². The van der Waals surface area contributed by atoms with Crippen molar-refractivity contribution in [2.24, 2.45) is 0 Å². The van der Waals surface area contributed by atoms with E-state index in [0.29, 0.717) is 12.8 Å². The zero-order valence-electron chi connectivity index (χ0n) is 19.1. The molecule has 0 bridgehead atoms. The number of ether oxygens (including phenoxy) is 2. The lowest BCUT2D eigenvalue weighted by molar-refractivity contribution is -0.149. The molecular weight excluding hydrogens is 352 g/mol. The van der Waals surface area contributed by atoms with E-state index in [9.17, 15) is 9.59 Å². The lowest BCUT2D eigenvalue weighted by atomic mass is 10.0. The predicted octanol–water partition coefficient (Wildman–Crippen LogP) is 7.13. The second-order valence-corrected chi connectivity index (χ2v) is 8.16. The lowest BCUT2D eigenvalue weighted by Gasteiger charge is -2.10. The molecule has 0 aromatic rings. The summed E-state index contributed by atoms with van der Waals surface area (Å²) in [5.74, 6) is -0.0801. The molecule has 0 N–H and O–H groups in total. The first-order chi connectivity index (χ1) is 13.5. The highest BCUT2D eigenvalue weighted by molar-refractivity contribution is 5.69. The molecule has 2 unspecified atom stereocenters. The van der Waals surface area contributed by atoms with Gasteiger partial charge in [0.2, 0.25) is 0 Å². The van der Waals surface area contributed by atoms with Crippen LogP contribution in [0, 0.1) is 0 Å². The van der Waals surface area contributed by atoms with E-state index in [2.05, 4.69) is 0 Å². The number of esters is 2. The molecule has 0 aliphatic carbocycles. The van der Waals surface area contributed by atoms with Crippen molar-refractivity contribution in [1.29, 1.82) is 0 Å². The van der Waals surface area contributed by atoms with E-state index in [-0.39, 0.29) is 24.1 Å². The molecule has 0 heterocycles. The fraction of sp³-hybridized carbons (Fsp3) is 0.917. The molecule has 0 spiro atoms. The normalized spacial score (nSPS) is 13.1. The van der Waals surface area contributed by atoms with Crippen molar-refractivity contribution in [1.82, 2.24) is 0 Å². The van der Waals surface area contributed by atoms with E-state index in [4.69, 9.17) is 9.47 Å². The smallest absolute Gasteiger partial charge is 0.306 e. The third kappa shape index (κ3) is 18.3. The maximum Gasteiger partial charge on any atom is 0.306 e. The van der Waals surface area contributed by atoms with Crippen molar-refractivity contribution in [3.63, 3.8) is 0 Å². The molecule has 0 saturated heterocycles. The fourth-order valence-corrected chi connectivity index (χ4v) is 3.04. The Morgan fingerprint density at radius 3 is 1.04 bits per heavy atom. The standard InChI is InChI=1S/C24H46O4/c1-5-21(3)27-23(25)19-17-15-13-11-9-7-8-10-12-14-16-18-20-24(26)28-22(4)6-2/h21-22H,5-20H2,1-4H3. The Morgan fingerprint density at radius 2 is 0.786 bits per heavy atom. The van der Waals surface area contributed by atoms with Crippen LogP contribution in [0.25, 0.3) is 0 Å². The highest BCUT2D eigenvalue weighted by atomic mass is 16.5. The van der Waals surface area contributed by atoms with Gasteiger partial charge in [-0.1, -0.05) is 78.1 Å². The van der Waals surface area contributed by atoms with E-state index >= 15 is 0 Å². The first kappa shape index (κ1) is 26.9. The van der Waals surface area contributed by atoms with Gasteiger partial charge in [0.1, 0.15) is 0 Å². The Hall–Kier alpha value is -1.06. The molecule has 0 saturated carbocycles. The predicted molar refractivity (Wildman–Crippen MR) is 116 cm³/mol. The van der Waals surface area contributed by atoms with Crippen LogP contribution >= 0.6 is 0 Å². The zero-order valence-corrected chi connectivity index (χ0v) is 19.1. The van der Waals surface area contributed by atoms with Crippen molar-refractivity contribution >= 4 is 11.9 Å². The summed E-state index contributed by atoms with van der Waals surface area (Å²) in [6.45, 7) is 7.96. The van der Waals surface area contributed by atoms with Crippen LogP contribution in [-0.4, -0.2) is 24.1 Å². The van der Waals surface area contributed by atoms with E-state index in [1.807, 2.05) is 27.7 Å². The molecule has 2 atom stereocenters. The van der Waals surface area contributed by atoms with Gasteiger partial charge in [0, 0.05) is 12.8 Å². The Balaban J connectivity index is 3.24. The zero-order chi connectivity index (χ0) is 21.0. The maximum absolute atomic E-state index is 11.6. The highest BCUT2D eigenvalue weighted by Crippen LogP contribution is 2.14. The minimum atomic E-state index is -0.0400. The second-order valence-electron chi connectivity index (χ2n) is 8.16. The monoisotopic (exact) mass is 398 g/mol. The Labute approximate surface area is 174 Å². The molecule has 4 nitrogen and oxygen atoms in total. The average Bonchev–Trinajstić information content (AvgIpc) is 2.67. The molecule has 0 amide bonds. The molecule has 0 radical (unpaired) electrons. The van der Waals surface area contributed by atoms with Gasteiger partial charge in [-0.15, -0.1) is 0 Å². The molecule has 0 rings (SSSR count). The lowest BCUT2D eigenvalue weighted by Crippen LogP contribution is -2.13. The molecule has 0 aromatic heterocycles. The third-order valence-electron chi connectivity index (χ3n) is 5.33. The number of carbonyl (C=O) groups is 2. The van der Waals surface area contributed by atoms with Crippen LogP contribution in [0.1, 0.15) is 130 Å². The first-order valence-corrected chi connectivity index (χ1v) is 11.9. The van der Waals surface area contributed by atoms with Gasteiger partial charge in [-0.05, 0) is 39.5 Å². The molecule has 28 heavy (non-hydrogen) atoms. The SMILES string of the molecule is CCC(C)OC(=O)CCCCCCCCCCCCCCC(=O)OC(C)CC. The van der Waals surface area contributed by atoms with Crippen LogP contribution < -0.4 is 0 Å². The summed E-state index contributed by atoms with van der Waals surface area (Å²) >= 11 is 0. The van der Waals surface area contributed by atoms with Gasteiger partial charge in [0.15, 0.2) is 0 Å². The molecule has 0 fully saturated rings. The summed E-state index contributed by atoms with van der Waals surface area (Å²) in [5.41, 5.74) is 0. The first-order valence-electron chi connectivity index (χ1n) is 11.9.